The zero-order chi connectivity index (χ0) is 18.3. The molecule has 6 nitrogen and oxygen atoms in total. The lowest BCUT2D eigenvalue weighted by molar-refractivity contribution is -0.118. The molecule has 9 heteroatoms. The monoisotopic (exact) mass is 423 g/mol. The molecular weight excluding hydrogens is 409 g/mol. The Bertz CT molecular complexity index is 1100. The van der Waals surface area contributed by atoms with Crippen LogP contribution < -0.4 is 4.90 Å². The molecule has 0 spiro atoms. The number of rotatable bonds is 3. The maximum atomic E-state index is 13.0. The lowest BCUT2D eigenvalue weighted by Gasteiger charge is -2.31. The normalized spacial score (nSPS) is 14.0. The van der Waals surface area contributed by atoms with E-state index in [9.17, 15) is 13.2 Å². The van der Waals surface area contributed by atoms with Gasteiger partial charge in [0.25, 0.3) is 0 Å². The fourth-order valence-electron chi connectivity index (χ4n) is 3.03. The summed E-state index contributed by atoms with van der Waals surface area (Å²) in [4.78, 5) is 18.6. The molecule has 0 saturated carbocycles. The predicted molar refractivity (Wildman–Crippen MR) is 105 cm³/mol. The Morgan fingerprint density at radius 2 is 1.81 bits per heavy atom. The Balaban J connectivity index is 0.00000210. The molecule has 0 aliphatic carbocycles. The molecule has 0 N–H and O–H groups in total. The van der Waals surface area contributed by atoms with E-state index in [-0.39, 0.29) is 40.2 Å². The number of amides is 1. The van der Waals surface area contributed by atoms with E-state index in [2.05, 4.69) is 4.98 Å². The summed E-state index contributed by atoms with van der Waals surface area (Å²) in [6.45, 7) is 0.445. The molecule has 140 valence electrons. The van der Waals surface area contributed by atoms with Gasteiger partial charge in [0, 0.05) is 30.4 Å². The lowest BCUT2D eigenvalue weighted by atomic mass is 10.2. The van der Waals surface area contributed by atoms with Gasteiger partial charge in [0.15, 0.2) is 0 Å². The van der Waals surface area contributed by atoms with Crippen LogP contribution in [0.5, 0.6) is 0 Å². The van der Waals surface area contributed by atoms with Crippen molar-refractivity contribution in [1.82, 2.24) is 9.55 Å². The molecule has 1 aliphatic heterocycles. The summed E-state index contributed by atoms with van der Waals surface area (Å²) in [5.41, 5.74) is 0.629. The molecule has 27 heavy (non-hydrogen) atoms. The maximum Gasteiger partial charge on any atom is 0.233 e. The van der Waals surface area contributed by atoms with Crippen molar-refractivity contribution in [2.75, 3.05) is 4.90 Å². The van der Waals surface area contributed by atoms with E-state index in [0.29, 0.717) is 17.3 Å². The van der Waals surface area contributed by atoms with Gasteiger partial charge in [-0.3, -0.25) is 9.69 Å². The zero-order valence-electron chi connectivity index (χ0n) is 13.9. The van der Waals surface area contributed by atoms with Crippen molar-refractivity contribution in [3.63, 3.8) is 0 Å². The highest BCUT2D eigenvalue weighted by Crippen LogP contribution is 2.45. The Labute approximate surface area is 167 Å². The number of hydrogen-bond acceptors (Lipinski definition) is 4. The van der Waals surface area contributed by atoms with Gasteiger partial charge in [-0.2, -0.15) is 0 Å². The van der Waals surface area contributed by atoms with E-state index >= 15 is 0 Å². The topological polar surface area (TPSA) is 72.3 Å². The highest BCUT2D eigenvalue weighted by molar-refractivity contribution is 7.92. The van der Waals surface area contributed by atoms with Crippen LogP contribution in [0.4, 0.5) is 11.4 Å². The van der Waals surface area contributed by atoms with Crippen molar-refractivity contribution in [3.8, 4) is 0 Å². The van der Waals surface area contributed by atoms with Crippen molar-refractivity contribution in [1.29, 1.82) is 0 Å². The molecule has 0 unspecified atom stereocenters. The molecule has 2 aromatic carbocycles. The quantitative estimate of drug-likeness (QED) is 0.640. The second kappa shape index (κ2) is 7.34. The molecular formula is C18H15Cl2N3O3S. The van der Waals surface area contributed by atoms with Gasteiger partial charge in [-0.1, -0.05) is 23.7 Å². The summed E-state index contributed by atoms with van der Waals surface area (Å²) in [6.07, 6.45) is 5.23. The van der Waals surface area contributed by atoms with Gasteiger partial charge in [0.1, 0.15) is 0 Å². The third kappa shape index (κ3) is 3.34. The van der Waals surface area contributed by atoms with E-state index in [1.165, 1.54) is 29.2 Å². The maximum absolute atomic E-state index is 13.0. The first-order chi connectivity index (χ1) is 12.5. The van der Waals surface area contributed by atoms with Gasteiger partial charge in [0.05, 0.1) is 27.5 Å². The Morgan fingerprint density at radius 1 is 1.07 bits per heavy atom. The van der Waals surface area contributed by atoms with Crippen molar-refractivity contribution < 1.29 is 13.2 Å². The van der Waals surface area contributed by atoms with E-state index < -0.39 is 9.84 Å². The molecule has 0 saturated heterocycles. The number of anilines is 2. The number of carbonyl (C=O) groups is 1. The average Bonchev–Trinajstić information content (AvgIpc) is 3.13. The number of imidazole rings is 1. The summed E-state index contributed by atoms with van der Waals surface area (Å²) < 4.78 is 27.6. The van der Waals surface area contributed by atoms with Crippen LogP contribution >= 0.6 is 24.0 Å². The smallest absolute Gasteiger partial charge is 0.233 e. The zero-order valence-corrected chi connectivity index (χ0v) is 16.3. The highest BCUT2D eigenvalue weighted by Gasteiger charge is 2.36. The van der Waals surface area contributed by atoms with E-state index in [4.69, 9.17) is 11.6 Å². The molecule has 1 aromatic heterocycles. The van der Waals surface area contributed by atoms with E-state index in [1.807, 2.05) is 0 Å². The van der Waals surface area contributed by atoms with E-state index in [0.717, 1.165) is 0 Å². The second-order valence-electron chi connectivity index (χ2n) is 5.86. The minimum absolute atomic E-state index is 0. The molecule has 4 rings (SSSR count). The van der Waals surface area contributed by atoms with Crippen LogP contribution in [0.1, 0.15) is 6.42 Å². The molecule has 1 aliphatic rings. The number of fused-ring (bicyclic) bond motifs is 2. The number of para-hydroxylation sites is 1. The van der Waals surface area contributed by atoms with Crippen molar-refractivity contribution in [3.05, 3.63) is 66.2 Å². The number of hydrogen-bond donors (Lipinski definition) is 0. The molecule has 3 aromatic rings. The second-order valence-corrected chi connectivity index (χ2v) is 8.19. The number of aryl methyl sites for hydroxylation is 1. The molecule has 0 radical (unpaired) electrons. The summed E-state index contributed by atoms with van der Waals surface area (Å²) >= 11 is 6.08. The number of nitrogens with zero attached hydrogens (tertiary/aromatic N) is 3. The summed E-state index contributed by atoms with van der Waals surface area (Å²) in [5, 5.41) is 0.366. The first kappa shape index (κ1) is 19.4. The van der Waals surface area contributed by atoms with Crippen LogP contribution in [-0.4, -0.2) is 23.9 Å². The van der Waals surface area contributed by atoms with Gasteiger partial charge >= 0.3 is 0 Å². The largest absolute Gasteiger partial charge is 0.337 e. The Morgan fingerprint density at radius 3 is 2.56 bits per heavy atom. The highest BCUT2D eigenvalue weighted by atomic mass is 35.5. The summed E-state index contributed by atoms with van der Waals surface area (Å²) in [5.74, 6) is -0.218. The standard InChI is InChI=1S/C18H14ClN3O3S.ClH/c19-13-5-6-17-15(11-13)22(18(23)7-9-21-10-8-20-12-21)14-3-1-2-4-16(14)26(17,24)25;/h1-6,8,10-12H,7,9H2;1H. The number of halogens is 2. The van der Waals surface area contributed by atoms with Crippen molar-refractivity contribution in [2.24, 2.45) is 0 Å². The number of sulfone groups is 1. The van der Waals surface area contributed by atoms with Gasteiger partial charge in [-0.05, 0) is 30.3 Å². The Kier molecular flexibility index (Phi) is 5.28. The van der Waals surface area contributed by atoms with Crippen LogP contribution in [0.2, 0.25) is 5.02 Å². The van der Waals surface area contributed by atoms with Crippen LogP contribution in [0, 0.1) is 0 Å². The third-order valence-corrected chi connectivity index (χ3v) is 6.32. The number of carbonyl (C=O) groups excluding carboxylic acids is 1. The molecule has 1 amide bonds. The van der Waals surface area contributed by atoms with Gasteiger partial charge in [-0.15, -0.1) is 12.4 Å². The number of benzene rings is 2. The van der Waals surface area contributed by atoms with Crippen LogP contribution in [0.15, 0.2) is 71.0 Å². The lowest BCUT2D eigenvalue weighted by Crippen LogP contribution is -2.32. The van der Waals surface area contributed by atoms with Crippen LogP contribution in [-0.2, 0) is 21.2 Å². The Hall–Kier alpha value is -2.35. The fraction of sp³-hybridized carbons (Fsp3) is 0.111. The van der Waals surface area contributed by atoms with Crippen molar-refractivity contribution in [2.45, 2.75) is 22.8 Å². The van der Waals surface area contributed by atoms with Gasteiger partial charge in [-0.25, -0.2) is 13.4 Å². The van der Waals surface area contributed by atoms with Crippen LogP contribution in [0.25, 0.3) is 0 Å². The number of aromatic nitrogens is 2. The average molecular weight is 424 g/mol. The SMILES string of the molecule is Cl.O=C(CCn1ccnc1)N1c2ccccc2S(=O)(=O)c2ccc(Cl)cc21. The van der Waals surface area contributed by atoms with E-state index in [1.54, 1.807) is 41.5 Å². The molecule has 0 fully saturated rings. The van der Waals surface area contributed by atoms with Gasteiger partial charge in [0.2, 0.25) is 15.7 Å². The minimum Gasteiger partial charge on any atom is -0.337 e. The molecule has 0 bridgehead atoms. The molecule has 2 heterocycles. The predicted octanol–water partition coefficient (Wildman–Crippen LogP) is 3.86. The minimum atomic E-state index is -3.71. The fourth-order valence-corrected chi connectivity index (χ4v) is 4.80. The van der Waals surface area contributed by atoms with Crippen LogP contribution in [0.3, 0.4) is 0 Å². The molecule has 0 atom stereocenters. The summed E-state index contributed by atoms with van der Waals surface area (Å²) in [7, 11) is -3.71. The summed E-state index contributed by atoms with van der Waals surface area (Å²) in [6, 6.07) is 11.0. The third-order valence-electron chi connectivity index (χ3n) is 4.24. The first-order valence-electron chi connectivity index (χ1n) is 7.91. The first-order valence-corrected chi connectivity index (χ1v) is 9.77. The van der Waals surface area contributed by atoms with Gasteiger partial charge < -0.3 is 4.57 Å². The van der Waals surface area contributed by atoms with Crippen molar-refractivity contribution >= 4 is 51.1 Å².